The quantitative estimate of drug-likeness (QED) is 0.209. The monoisotopic (exact) mass is 572 g/mol. The van der Waals surface area contributed by atoms with E-state index in [1.807, 2.05) is 54.0 Å². The van der Waals surface area contributed by atoms with Crippen LogP contribution in [0.1, 0.15) is 37.7 Å². The highest BCUT2D eigenvalue weighted by atomic mass is 127. The fraction of sp³-hybridized carbons (Fsp3) is 0.182. The highest BCUT2D eigenvalue weighted by molar-refractivity contribution is 14.1. The lowest BCUT2D eigenvalue weighted by molar-refractivity contribution is 0.0980. The molecule has 1 aliphatic heterocycles. The summed E-state index contributed by atoms with van der Waals surface area (Å²) in [4.78, 5) is 27.8. The molecule has 1 aliphatic rings. The number of para-hydroxylation sites is 1. The Hall–Kier alpha value is -1.54. The number of rotatable bonds is 2. The first-order valence-electron chi connectivity index (χ1n) is 9.12. The Morgan fingerprint density at radius 2 is 1.73 bits per heavy atom. The van der Waals surface area contributed by atoms with Gasteiger partial charge in [0.2, 0.25) is 5.78 Å². The number of ketones is 1. The molecule has 0 spiro atoms. The van der Waals surface area contributed by atoms with Crippen molar-refractivity contribution >= 4 is 74.8 Å². The molecule has 154 valence electrons. The summed E-state index contributed by atoms with van der Waals surface area (Å²) in [7, 11) is 0. The Bertz CT molecular complexity index is 1170. The Morgan fingerprint density at radius 1 is 1.00 bits per heavy atom. The average Bonchev–Trinajstić information content (AvgIpc) is 3.01. The van der Waals surface area contributed by atoms with Gasteiger partial charge in [0.15, 0.2) is 0 Å². The fourth-order valence-electron chi connectivity index (χ4n) is 3.62. The second-order valence-corrected chi connectivity index (χ2v) is 10.6. The number of nitrogens with zero attached hydrogens (tertiary/aromatic N) is 2. The predicted octanol–water partition coefficient (Wildman–Crippen LogP) is 6.16. The number of fused-ring (bicyclic) bond motifs is 2. The summed E-state index contributed by atoms with van der Waals surface area (Å²) < 4.78 is 0.870. The number of hydrogen-bond acceptors (Lipinski definition) is 2. The largest absolute Gasteiger partial charge is 0.336 e. The number of alkyl halides is 3. The van der Waals surface area contributed by atoms with E-state index in [-0.39, 0.29) is 5.91 Å². The molecule has 1 amide bonds. The maximum Gasteiger partial charge on any atom is 0.258 e. The normalized spacial score (nSPS) is 13.4. The van der Waals surface area contributed by atoms with E-state index in [4.69, 9.17) is 34.8 Å². The van der Waals surface area contributed by atoms with Crippen LogP contribution in [-0.2, 0) is 13.1 Å². The van der Waals surface area contributed by atoms with E-state index in [1.54, 1.807) is 17.0 Å². The first kappa shape index (κ1) is 21.7. The maximum absolute atomic E-state index is 13.5. The van der Waals surface area contributed by atoms with Gasteiger partial charge >= 0.3 is 0 Å². The van der Waals surface area contributed by atoms with Crippen LogP contribution >= 0.6 is 57.4 Å². The van der Waals surface area contributed by atoms with Crippen LogP contribution in [0.25, 0.3) is 0 Å². The summed E-state index contributed by atoms with van der Waals surface area (Å²) >= 11 is 19.8. The third-order valence-corrected chi connectivity index (χ3v) is 6.87. The number of halogens is 4. The summed E-state index contributed by atoms with van der Waals surface area (Å²) in [5.41, 5.74) is 4.46. The second kappa shape index (κ2) is 8.19. The summed E-state index contributed by atoms with van der Waals surface area (Å²) in [5, 5.41) is 0. The van der Waals surface area contributed by atoms with Crippen LogP contribution in [0.5, 0.6) is 0 Å². The molecular formula is C22H16Cl3IN2O2. The molecule has 2 heterocycles. The topological polar surface area (TPSA) is 42.3 Å². The smallest absolute Gasteiger partial charge is 0.258 e. The summed E-state index contributed by atoms with van der Waals surface area (Å²) in [5.74, 6) is -0.699. The van der Waals surface area contributed by atoms with Crippen molar-refractivity contribution in [3.8, 4) is 0 Å². The maximum atomic E-state index is 13.5. The minimum absolute atomic E-state index is 0.106. The van der Waals surface area contributed by atoms with E-state index >= 15 is 0 Å². The zero-order chi connectivity index (χ0) is 21.6. The lowest BCUT2D eigenvalue weighted by Gasteiger charge is -2.23. The van der Waals surface area contributed by atoms with Crippen LogP contribution in [0.2, 0.25) is 0 Å². The number of Topliss-reactive ketones (excluding diaryl/α,β-unsaturated/α-hetero) is 1. The molecule has 2 aromatic carbocycles. The van der Waals surface area contributed by atoms with E-state index in [2.05, 4.69) is 22.6 Å². The lowest BCUT2D eigenvalue weighted by atomic mass is 10.1. The molecule has 30 heavy (non-hydrogen) atoms. The fourth-order valence-corrected chi connectivity index (χ4v) is 4.24. The highest BCUT2D eigenvalue weighted by Crippen LogP contribution is 2.34. The standard InChI is InChI=1S/C22H16Cl3IN2O2/c1-13-10-14(6-8-17(13)26)21(30)28-12-16-7-9-19(20(29)22(23,24)25)27(16)11-15-4-2-3-5-18(15)28/h2-10H,11-12H2,1H3. The first-order valence-corrected chi connectivity index (χ1v) is 11.3. The second-order valence-electron chi connectivity index (χ2n) is 7.11. The minimum Gasteiger partial charge on any atom is -0.336 e. The van der Waals surface area contributed by atoms with Gasteiger partial charge in [-0.15, -0.1) is 0 Å². The lowest BCUT2D eigenvalue weighted by Crippen LogP contribution is -2.30. The van der Waals surface area contributed by atoms with Crippen LogP contribution in [0.4, 0.5) is 5.69 Å². The van der Waals surface area contributed by atoms with Gasteiger partial charge in [0, 0.05) is 20.5 Å². The zero-order valence-electron chi connectivity index (χ0n) is 15.8. The molecule has 0 aliphatic carbocycles. The summed E-state index contributed by atoms with van der Waals surface area (Å²) in [6.07, 6.45) is 0. The molecule has 1 aromatic heterocycles. The Labute approximate surface area is 202 Å². The molecule has 0 unspecified atom stereocenters. The number of aryl methyl sites for hydroxylation is 1. The van der Waals surface area contributed by atoms with Crippen molar-refractivity contribution in [1.29, 1.82) is 0 Å². The Morgan fingerprint density at radius 3 is 2.43 bits per heavy atom. The molecule has 3 aromatic rings. The molecule has 0 N–H and O–H groups in total. The molecule has 8 heteroatoms. The van der Waals surface area contributed by atoms with Gasteiger partial charge in [0.05, 0.1) is 18.8 Å². The van der Waals surface area contributed by atoms with E-state index < -0.39 is 9.58 Å². The van der Waals surface area contributed by atoms with Gasteiger partial charge in [0.25, 0.3) is 9.70 Å². The molecule has 0 atom stereocenters. The number of amides is 1. The van der Waals surface area contributed by atoms with Crippen LogP contribution in [0.15, 0.2) is 54.6 Å². The minimum atomic E-state index is -2.05. The number of aromatic nitrogens is 1. The third kappa shape index (κ3) is 4.00. The molecule has 0 saturated carbocycles. The van der Waals surface area contributed by atoms with Gasteiger partial charge in [-0.3, -0.25) is 9.59 Å². The number of carbonyl (C=O) groups excluding carboxylic acids is 2. The molecule has 0 saturated heterocycles. The molecule has 4 rings (SSSR count). The Kier molecular flexibility index (Phi) is 5.92. The van der Waals surface area contributed by atoms with Crippen molar-refractivity contribution < 1.29 is 9.59 Å². The van der Waals surface area contributed by atoms with E-state index in [1.165, 1.54) is 0 Å². The molecule has 4 nitrogen and oxygen atoms in total. The van der Waals surface area contributed by atoms with Crippen molar-refractivity contribution in [2.75, 3.05) is 4.90 Å². The van der Waals surface area contributed by atoms with Crippen LogP contribution < -0.4 is 4.90 Å². The van der Waals surface area contributed by atoms with Gasteiger partial charge in [-0.25, -0.2) is 0 Å². The number of benzene rings is 2. The highest BCUT2D eigenvalue weighted by Gasteiger charge is 2.35. The van der Waals surface area contributed by atoms with Crippen molar-refractivity contribution in [3.63, 3.8) is 0 Å². The van der Waals surface area contributed by atoms with Crippen molar-refractivity contribution in [1.82, 2.24) is 4.57 Å². The number of hydrogen-bond donors (Lipinski definition) is 0. The predicted molar refractivity (Wildman–Crippen MR) is 129 cm³/mol. The number of carbonyl (C=O) groups is 2. The van der Waals surface area contributed by atoms with E-state index in [0.29, 0.717) is 24.3 Å². The van der Waals surface area contributed by atoms with Crippen molar-refractivity contribution in [2.24, 2.45) is 0 Å². The molecule has 0 radical (unpaired) electrons. The SMILES string of the molecule is Cc1cc(C(=O)N2Cc3ccc(C(=O)C(Cl)(Cl)Cl)n3Cc3ccccc32)ccc1I. The molecular weight excluding hydrogens is 558 g/mol. The van der Waals surface area contributed by atoms with Gasteiger partial charge in [-0.1, -0.05) is 53.0 Å². The van der Waals surface area contributed by atoms with Gasteiger partial charge < -0.3 is 9.47 Å². The number of anilines is 1. The van der Waals surface area contributed by atoms with E-state index in [0.717, 1.165) is 26.1 Å². The Balaban J connectivity index is 1.81. The van der Waals surface area contributed by atoms with Crippen molar-refractivity contribution in [3.05, 3.63) is 86.2 Å². The average molecular weight is 574 g/mol. The summed E-state index contributed by atoms with van der Waals surface area (Å²) in [6.45, 7) is 2.68. The van der Waals surface area contributed by atoms with Crippen LogP contribution in [-0.4, -0.2) is 20.1 Å². The van der Waals surface area contributed by atoms with Crippen molar-refractivity contribution in [2.45, 2.75) is 23.8 Å². The van der Waals surface area contributed by atoms with Gasteiger partial charge in [0.1, 0.15) is 0 Å². The first-order chi connectivity index (χ1) is 14.2. The van der Waals surface area contributed by atoms with Crippen LogP contribution in [0.3, 0.4) is 0 Å². The van der Waals surface area contributed by atoms with Gasteiger partial charge in [-0.2, -0.15) is 0 Å². The molecule has 0 bridgehead atoms. The zero-order valence-corrected chi connectivity index (χ0v) is 20.3. The van der Waals surface area contributed by atoms with E-state index in [9.17, 15) is 9.59 Å². The van der Waals surface area contributed by atoms with Crippen LogP contribution in [0, 0.1) is 10.5 Å². The van der Waals surface area contributed by atoms with Gasteiger partial charge in [-0.05, 0) is 77.0 Å². The summed E-state index contributed by atoms with van der Waals surface area (Å²) in [6, 6.07) is 16.8. The third-order valence-electron chi connectivity index (χ3n) is 5.14. The molecule has 0 fully saturated rings.